The number of para-hydroxylation sites is 1. The Kier molecular flexibility index (Phi) is 6.73. The van der Waals surface area contributed by atoms with Gasteiger partial charge in [0.2, 0.25) is 11.8 Å². The van der Waals surface area contributed by atoms with Gasteiger partial charge in [0.1, 0.15) is 6.07 Å². The van der Waals surface area contributed by atoms with Gasteiger partial charge in [-0.1, -0.05) is 42.5 Å². The molecule has 0 bridgehead atoms. The molecular formula is C20H21N3O2. The third-order valence-electron chi connectivity index (χ3n) is 3.84. The molecule has 0 aromatic heterocycles. The van der Waals surface area contributed by atoms with Gasteiger partial charge in [-0.25, -0.2) is 0 Å². The number of rotatable bonds is 7. The van der Waals surface area contributed by atoms with Gasteiger partial charge in [0.25, 0.3) is 0 Å². The minimum atomic E-state index is -0.166. The van der Waals surface area contributed by atoms with Crippen molar-refractivity contribution in [2.24, 2.45) is 0 Å². The molecule has 0 aliphatic rings. The van der Waals surface area contributed by atoms with Crippen LogP contribution < -0.4 is 10.2 Å². The van der Waals surface area contributed by atoms with Crippen LogP contribution in [0.25, 0.3) is 0 Å². The molecule has 0 saturated carbocycles. The monoisotopic (exact) mass is 335 g/mol. The maximum Gasteiger partial charge on any atom is 0.223 e. The van der Waals surface area contributed by atoms with Crippen LogP contribution in [0.1, 0.15) is 24.5 Å². The second kappa shape index (κ2) is 9.24. The van der Waals surface area contributed by atoms with Crippen LogP contribution in [0, 0.1) is 11.3 Å². The van der Waals surface area contributed by atoms with E-state index in [-0.39, 0.29) is 11.8 Å². The predicted octanol–water partition coefficient (Wildman–Crippen LogP) is 2.66. The van der Waals surface area contributed by atoms with Gasteiger partial charge >= 0.3 is 0 Å². The molecule has 2 aromatic rings. The Morgan fingerprint density at radius 2 is 1.76 bits per heavy atom. The van der Waals surface area contributed by atoms with Gasteiger partial charge in [0, 0.05) is 26.4 Å². The zero-order chi connectivity index (χ0) is 18.1. The van der Waals surface area contributed by atoms with Gasteiger partial charge in [-0.15, -0.1) is 0 Å². The largest absolute Gasteiger partial charge is 0.354 e. The van der Waals surface area contributed by atoms with Crippen LogP contribution in [0.5, 0.6) is 0 Å². The molecule has 0 aliphatic carbocycles. The molecule has 1 N–H and O–H groups in total. The van der Waals surface area contributed by atoms with Crippen LogP contribution in [0.3, 0.4) is 0 Å². The number of benzene rings is 2. The van der Waals surface area contributed by atoms with E-state index < -0.39 is 0 Å². The first-order valence-corrected chi connectivity index (χ1v) is 8.19. The Morgan fingerprint density at radius 3 is 2.44 bits per heavy atom. The van der Waals surface area contributed by atoms with Gasteiger partial charge in [0.15, 0.2) is 0 Å². The van der Waals surface area contributed by atoms with Gasteiger partial charge < -0.3 is 10.2 Å². The fourth-order valence-corrected chi connectivity index (χ4v) is 2.55. The van der Waals surface area contributed by atoms with Crippen molar-refractivity contribution in [2.75, 3.05) is 18.0 Å². The number of nitrogens with one attached hydrogen (secondary N) is 1. The van der Waals surface area contributed by atoms with E-state index in [2.05, 4.69) is 11.4 Å². The van der Waals surface area contributed by atoms with E-state index >= 15 is 0 Å². The zero-order valence-electron chi connectivity index (χ0n) is 14.2. The lowest BCUT2D eigenvalue weighted by atomic mass is 10.1. The van der Waals surface area contributed by atoms with Crippen LogP contribution in [-0.4, -0.2) is 24.9 Å². The van der Waals surface area contributed by atoms with Gasteiger partial charge in [0.05, 0.1) is 11.3 Å². The Hall–Kier alpha value is -3.13. The lowest BCUT2D eigenvalue weighted by molar-refractivity contribution is -0.121. The summed E-state index contributed by atoms with van der Waals surface area (Å²) in [7, 11) is 0. The molecule has 0 fully saturated rings. The lowest BCUT2D eigenvalue weighted by Gasteiger charge is -2.22. The molecule has 5 nitrogen and oxygen atoms in total. The van der Waals surface area contributed by atoms with Crippen molar-refractivity contribution in [2.45, 2.75) is 19.8 Å². The Morgan fingerprint density at radius 1 is 1.08 bits per heavy atom. The molecule has 5 heteroatoms. The fraction of sp³-hybridized carbons (Fsp3) is 0.250. The highest BCUT2D eigenvalue weighted by molar-refractivity contribution is 5.93. The Balaban J connectivity index is 1.86. The van der Waals surface area contributed by atoms with Crippen molar-refractivity contribution in [3.05, 3.63) is 65.7 Å². The molecule has 2 amide bonds. The van der Waals surface area contributed by atoms with E-state index in [1.807, 2.05) is 30.3 Å². The molecule has 0 atom stereocenters. The van der Waals surface area contributed by atoms with Crippen molar-refractivity contribution < 1.29 is 9.59 Å². The fourth-order valence-electron chi connectivity index (χ4n) is 2.55. The van der Waals surface area contributed by atoms with E-state index in [1.165, 1.54) is 11.8 Å². The number of carbonyl (C=O) groups excluding carboxylic acids is 2. The molecule has 0 unspecified atom stereocenters. The summed E-state index contributed by atoms with van der Waals surface area (Å²) in [6.45, 7) is 2.11. The quantitative estimate of drug-likeness (QED) is 0.845. The summed E-state index contributed by atoms with van der Waals surface area (Å²) < 4.78 is 0. The average molecular weight is 335 g/mol. The number of nitriles is 1. The predicted molar refractivity (Wildman–Crippen MR) is 97.0 cm³/mol. The highest BCUT2D eigenvalue weighted by Crippen LogP contribution is 2.19. The topological polar surface area (TPSA) is 73.2 Å². The minimum Gasteiger partial charge on any atom is -0.354 e. The molecule has 25 heavy (non-hydrogen) atoms. The Labute approximate surface area is 147 Å². The highest BCUT2D eigenvalue weighted by atomic mass is 16.2. The van der Waals surface area contributed by atoms with Crippen molar-refractivity contribution in [3.63, 3.8) is 0 Å². The van der Waals surface area contributed by atoms with E-state index in [4.69, 9.17) is 0 Å². The molecule has 0 spiro atoms. The van der Waals surface area contributed by atoms with Crippen molar-refractivity contribution in [3.8, 4) is 6.07 Å². The van der Waals surface area contributed by atoms with Crippen LogP contribution in [-0.2, 0) is 16.0 Å². The Bertz CT molecular complexity index is 766. The summed E-state index contributed by atoms with van der Waals surface area (Å²) >= 11 is 0. The first-order chi connectivity index (χ1) is 12.1. The standard InChI is InChI=1S/C20H21N3O2/c1-16(24)23(19-10-6-5-9-18(19)15-21)14-13-22-20(25)12-11-17-7-3-2-4-8-17/h2-10H,11-14H2,1H3,(H,22,25). The first kappa shape index (κ1) is 18.2. The second-order valence-electron chi connectivity index (χ2n) is 5.64. The summed E-state index contributed by atoms with van der Waals surface area (Å²) in [5.41, 5.74) is 2.12. The molecular weight excluding hydrogens is 314 g/mol. The summed E-state index contributed by atoms with van der Waals surface area (Å²) in [5, 5.41) is 12.0. The van der Waals surface area contributed by atoms with E-state index in [1.54, 1.807) is 24.3 Å². The number of aryl methyl sites for hydroxylation is 1. The molecule has 0 saturated heterocycles. The van der Waals surface area contributed by atoms with E-state index in [0.717, 1.165) is 5.56 Å². The number of nitrogens with zero attached hydrogens (tertiary/aromatic N) is 2. The van der Waals surface area contributed by atoms with E-state index in [0.29, 0.717) is 37.2 Å². The molecule has 2 rings (SSSR count). The maximum absolute atomic E-state index is 12.0. The molecule has 0 radical (unpaired) electrons. The minimum absolute atomic E-state index is 0.0547. The molecule has 0 heterocycles. The van der Waals surface area contributed by atoms with Crippen LogP contribution in [0.2, 0.25) is 0 Å². The maximum atomic E-state index is 12.0. The van der Waals surface area contributed by atoms with Crippen molar-refractivity contribution in [1.29, 1.82) is 5.26 Å². The third-order valence-corrected chi connectivity index (χ3v) is 3.84. The van der Waals surface area contributed by atoms with E-state index in [9.17, 15) is 14.9 Å². The summed E-state index contributed by atoms with van der Waals surface area (Å²) in [5.74, 6) is -0.220. The number of carbonyl (C=O) groups is 2. The van der Waals surface area contributed by atoms with Crippen LogP contribution in [0.4, 0.5) is 5.69 Å². The summed E-state index contributed by atoms with van der Waals surface area (Å²) in [4.78, 5) is 25.4. The molecule has 128 valence electrons. The normalized spacial score (nSPS) is 9.92. The number of anilines is 1. The highest BCUT2D eigenvalue weighted by Gasteiger charge is 2.15. The number of hydrogen-bond acceptors (Lipinski definition) is 3. The summed E-state index contributed by atoms with van der Waals surface area (Å²) in [6, 6.07) is 18.8. The van der Waals surface area contributed by atoms with Crippen LogP contribution in [0.15, 0.2) is 54.6 Å². The lowest BCUT2D eigenvalue weighted by Crippen LogP contribution is -2.38. The van der Waals surface area contributed by atoms with Gasteiger partial charge in [-0.3, -0.25) is 9.59 Å². The second-order valence-corrected chi connectivity index (χ2v) is 5.64. The third kappa shape index (κ3) is 5.47. The van der Waals surface area contributed by atoms with Crippen molar-refractivity contribution >= 4 is 17.5 Å². The molecule has 2 aromatic carbocycles. The number of hydrogen-bond donors (Lipinski definition) is 1. The number of amides is 2. The molecule has 0 aliphatic heterocycles. The zero-order valence-corrected chi connectivity index (χ0v) is 14.2. The smallest absolute Gasteiger partial charge is 0.223 e. The van der Waals surface area contributed by atoms with Crippen LogP contribution >= 0.6 is 0 Å². The SMILES string of the molecule is CC(=O)N(CCNC(=O)CCc1ccccc1)c1ccccc1C#N. The van der Waals surface area contributed by atoms with Gasteiger partial charge in [-0.2, -0.15) is 5.26 Å². The summed E-state index contributed by atoms with van der Waals surface area (Å²) in [6.07, 6.45) is 1.08. The van der Waals surface area contributed by atoms with Crippen molar-refractivity contribution in [1.82, 2.24) is 5.32 Å². The first-order valence-electron chi connectivity index (χ1n) is 8.19. The average Bonchev–Trinajstić information content (AvgIpc) is 2.64. The van der Waals surface area contributed by atoms with Gasteiger partial charge in [-0.05, 0) is 24.1 Å².